The van der Waals surface area contributed by atoms with Gasteiger partial charge in [0.25, 0.3) is 0 Å². The van der Waals surface area contributed by atoms with Gasteiger partial charge in [0.05, 0.1) is 17.7 Å². The molecule has 2 saturated carbocycles. The van der Waals surface area contributed by atoms with Gasteiger partial charge in [0.2, 0.25) is 0 Å². The van der Waals surface area contributed by atoms with Gasteiger partial charge < -0.3 is 5.11 Å². The highest BCUT2D eigenvalue weighted by molar-refractivity contribution is 5.23. The van der Waals surface area contributed by atoms with Crippen LogP contribution in [0.5, 0.6) is 0 Å². The van der Waals surface area contributed by atoms with E-state index in [0.29, 0.717) is 11.8 Å². The van der Waals surface area contributed by atoms with Gasteiger partial charge in [0.15, 0.2) is 0 Å². The highest BCUT2D eigenvalue weighted by Crippen LogP contribution is 2.60. The lowest BCUT2D eigenvalue weighted by Crippen LogP contribution is -2.33. The predicted octanol–water partition coefficient (Wildman–Crippen LogP) is 2.27. The molecule has 0 aromatic carbocycles. The van der Waals surface area contributed by atoms with Crippen LogP contribution in [-0.4, -0.2) is 14.9 Å². The van der Waals surface area contributed by atoms with E-state index >= 15 is 0 Å². The van der Waals surface area contributed by atoms with Gasteiger partial charge in [-0.2, -0.15) is 10.4 Å². The van der Waals surface area contributed by atoms with Crippen molar-refractivity contribution in [2.75, 3.05) is 0 Å². The molecule has 1 aromatic rings. The molecule has 96 valence electrons. The third kappa shape index (κ3) is 1.50. The van der Waals surface area contributed by atoms with Crippen molar-refractivity contribution in [1.82, 2.24) is 9.78 Å². The summed E-state index contributed by atoms with van der Waals surface area (Å²) in [7, 11) is 0. The Kier molecular flexibility index (Phi) is 2.67. The number of nitrogens with zero attached hydrogens (tertiary/aromatic N) is 3. The number of fused-ring (bicyclic) bond motifs is 2. The first-order chi connectivity index (χ1) is 8.69. The maximum atomic E-state index is 10.6. The van der Waals surface area contributed by atoms with Crippen LogP contribution in [0.1, 0.15) is 44.3 Å². The number of aliphatic hydroxyl groups is 1. The van der Waals surface area contributed by atoms with Gasteiger partial charge in [-0.25, -0.2) is 0 Å². The van der Waals surface area contributed by atoms with Crippen molar-refractivity contribution in [3.05, 3.63) is 18.0 Å². The third-order valence-electron chi connectivity index (χ3n) is 4.89. The number of aliphatic hydroxyl groups excluding tert-OH is 1. The zero-order chi connectivity index (χ0) is 12.8. The number of nitriles is 1. The lowest BCUT2D eigenvalue weighted by molar-refractivity contribution is 0.0233. The van der Waals surface area contributed by atoms with Gasteiger partial charge in [-0.05, 0) is 38.0 Å². The van der Waals surface area contributed by atoms with Crippen molar-refractivity contribution in [3.8, 4) is 6.07 Å². The molecule has 4 unspecified atom stereocenters. The highest BCUT2D eigenvalue weighted by Gasteiger charge is 2.55. The number of rotatable bonds is 3. The maximum absolute atomic E-state index is 10.6. The monoisotopic (exact) mass is 245 g/mol. The van der Waals surface area contributed by atoms with Crippen LogP contribution in [0.15, 0.2) is 12.4 Å². The summed E-state index contributed by atoms with van der Waals surface area (Å²) in [5.74, 6) is 1.01. The fourth-order valence-electron chi connectivity index (χ4n) is 3.90. The van der Waals surface area contributed by atoms with Crippen molar-refractivity contribution in [1.29, 1.82) is 5.26 Å². The normalized spacial score (nSPS) is 35.6. The summed E-state index contributed by atoms with van der Waals surface area (Å²) in [4.78, 5) is 0. The molecule has 1 aromatic heterocycles. The molecule has 0 spiro atoms. The molecular formula is C14H19N3O. The van der Waals surface area contributed by atoms with E-state index in [1.807, 2.05) is 13.1 Å². The van der Waals surface area contributed by atoms with Crippen LogP contribution < -0.4 is 0 Å². The zero-order valence-corrected chi connectivity index (χ0v) is 10.7. The smallest absolute Gasteiger partial charge is 0.101 e. The molecule has 4 nitrogen and oxygen atoms in total. The first-order valence-electron chi connectivity index (χ1n) is 6.81. The lowest BCUT2D eigenvalue weighted by atomic mass is 9.69. The minimum atomic E-state index is -0.682. The standard InChI is InChI=1S/C14H19N3O/c1-2-17-8-11(7-16-17)13(18)14(9-15)6-10-3-4-12(14)5-10/h7-8,10,12-13,18H,2-6H2,1H3. The Morgan fingerprint density at radius 2 is 2.50 bits per heavy atom. The Bertz CT molecular complexity index is 489. The summed E-state index contributed by atoms with van der Waals surface area (Å²) >= 11 is 0. The molecule has 1 heterocycles. The second kappa shape index (κ2) is 4.10. The summed E-state index contributed by atoms with van der Waals surface area (Å²) in [5, 5.41) is 24.4. The molecule has 2 fully saturated rings. The van der Waals surface area contributed by atoms with E-state index in [1.54, 1.807) is 10.9 Å². The van der Waals surface area contributed by atoms with Gasteiger partial charge >= 0.3 is 0 Å². The first kappa shape index (κ1) is 11.7. The molecule has 0 amide bonds. The van der Waals surface area contributed by atoms with Gasteiger partial charge in [0.1, 0.15) is 6.10 Å². The summed E-state index contributed by atoms with van der Waals surface area (Å²) < 4.78 is 1.80. The molecule has 2 aliphatic carbocycles. The van der Waals surface area contributed by atoms with Crippen LogP contribution in [-0.2, 0) is 6.54 Å². The van der Waals surface area contributed by atoms with E-state index in [0.717, 1.165) is 31.4 Å². The fourth-order valence-corrected chi connectivity index (χ4v) is 3.90. The van der Waals surface area contributed by atoms with Crippen molar-refractivity contribution in [3.63, 3.8) is 0 Å². The average Bonchev–Trinajstić information content (AvgIpc) is 3.12. The predicted molar refractivity (Wildman–Crippen MR) is 66.4 cm³/mol. The Balaban J connectivity index is 1.91. The largest absolute Gasteiger partial charge is 0.387 e. The van der Waals surface area contributed by atoms with Gasteiger partial charge in [0, 0.05) is 18.3 Å². The van der Waals surface area contributed by atoms with E-state index in [9.17, 15) is 10.4 Å². The third-order valence-corrected chi connectivity index (χ3v) is 4.89. The Hall–Kier alpha value is -1.34. The number of aromatic nitrogens is 2. The van der Waals surface area contributed by atoms with E-state index in [-0.39, 0.29) is 0 Å². The fraction of sp³-hybridized carbons (Fsp3) is 0.714. The average molecular weight is 245 g/mol. The van der Waals surface area contributed by atoms with Gasteiger partial charge in [-0.1, -0.05) is 6.42 Å². The van der Waals surface area contributed by atoms with Crippen LogP contribution in [0.25, 0.3) is 0 Å². The van der Waals surface area contributed by atoms with Crippen LogP contribution in [0.3, 0.4) is 0 Å². The second-order valence-electron chi connectivity index (χ2n) is 5.76. The Morgan fingerprint density at radius 3 is 3.00 bits per heavy atom. The zero-order valence-electron chi connectivity index (χ0n) is 10.7. The Labute approximate surface area is 107 Å². The molecular weight excluding hydrogens is 226 g/mol. The van der Waals surface area contributed by atoms with E-state index in [2.05, 4.69) is 11.2 Å². The van der Waals surface area contributed by atoms with E-state index in [4.69, 9.17) is 0 Å². The highest BCUT2D eigenvalue weighted by atomic mass is 16.3. The van der Waals surface area contributed by atoms with Crippen LogP contribution in [0, 0.1) is 28.6 Å². The summed E-state index contributed by atoms with van der Waals surface area (Å²) in [6.45, 7) is 2.80. The van der Waals surface area contributed by atoms with Crippen molar-refractivity contribution in [2.45, 2.75) is 45.3 Å². The number of aryl methyl sites for hydroxylation is 1. The Morgan fingerprint density at radius 1 is 1.67 bits per heavy atom. The maximum Gasteiger partial charge on any atom is 0.101 e. The van der Waals surface area contributed by atoms with Gasteiger partial charge in [-0.3, -0.25) is 4.68 Å². The SMILES string of the molecule is CCn1cc(C(O)C2(C#N)CC3CCC2C3)cn1. The van der Waals surface area contributed by atoms with Crippen LogP contribution in [0.2, 0.25) is 0 Å². The van der Waals surface area contributed by atoms with Crippen LogP contribution in [0.4, 0.5) is 0 Å². The molecule has 0 saturated heterocycles. The molecule has 4 atom stereocenters. The summed E-state index contributed by atoms with van der Waals surface area (Å²) in [5.41, 5.74) is 0.232. The molecule has 3 rings (SSSR count). The molecule has 18 heavy (non-hydrogen) atoms. The molecule has 2 aliphatic rings. The lowest BCUT2D eigenvalue weighted by Gasteiger charge is -2.34. The number of hydrogen-bond donors (Lipinski definition) is 1. The first-order valence-corrected chi connectivity index (χ1v) is 6.81. The van der Waals surface area contributed by atoms with Crippen molar-refractivity contribution in [2.24, 2.45) is 17.3 Å². The summed E-state index contributed by atoms with van der Waals surface area (Å²) in [6, 6.07) is 2.45. The molecule has 0 aliphatic heterocycles. The van der Waals surface area contributed by atoms with Crippen molar-refractivity contribution >= 4 is 0 Å². The molecule has 4 heteroatoms. The van der Waals surface area contributed by atoms with Crippen LogP contribution >= 0.6 is 0 Å². The van der Waals surface area contributed by atoms with Crippen molar-refractivity contribution < 1.29 is 5.11 Å². The summed E-state index contributed by atoms with van der Waals surface area (Å²) in [6.07, 6.45) is 7.19. The molecule has 1 N–H and O–H groups in total. The molecule has 0 radical (unpaired) electrons. The quantitative estimate of drug-likeness (QED) is 0.888. The molecule has 2 bridgehead atoms. The number of hydrogen-bond acceptors (Lipinski definition) is 3. The van der Waals surface area contributed by atoms with Gasteiger partial charge in [-0.15, -0.1) is 0 Å². The minimum Gasteiger partial charge on any atom is -0.387 e. The van der Waals surface area contributed by atoms with E-state index in [1.165, 1.54) is 6.42 Å². The second-order valence-corrected chi connectivity index (χ2v) is 5.76. The minimum absolute atomic E-state index is 0.368. The van der Waals surface area contributed by atoms with E-state index < -0.39 is 11.5 Å². The topological polar surface area (TPSA) is 61.8 Å².